The molecule has 2 aromatic carbocycles. The molecule has 1 N–H and O–H groups in total. The summed E-state index contributed by atoms with van der Waals surface area (Å²) in [5, 5.41) is 20.8. The van der Waals surface area contributed by atoms with Crippen molar-refractivity contribution in [3.05, 3.63) is 57.6 Å². The van der Waals surface area contributed by atoms with Crippen LogP contribution < -0.4 is 15.5 Å². The van der Waals surface area contributed by atoms with Crippen LogP contribution in [0.1, 0.15) is 22.8 Å². The second-order valence-electron chi connectivity index (χ2n) is 5.02. The Labute approximate surface area is 202 Å². The van der Waals surface area contributed by atoms with Crippen molar-refractivity contribution >= 4 is 84.4 Å². The largest absolute Gasteiger partial charge is 2.00 e. The van der Waals surface area contributed by atoms with E-state index in [0.29, 0.717) is 33.6 Å². The molecule has 0 bridgehead atoms. The van der Waals surface area contributed by atoms with Crippen molar-refractivity contribution in [2.45, 2.75) is 13.8 Å². The first-order valence-electron chi connectivity index (χ1n) is 7.71. The van der Waals surface area contributed by atoms with Crippen molar-refractivity contribution in [2.24, 2.45) is 0 Å². The maximum absolute atomic E-state index is 12.2. The van der Waals surface area contributed by atoms with Crippen LogP contribution in [-0.2, 0) is 9.47 Å². The molecule has 0 spiro atoms. The quantitative estimate of drug-likeness (QED) is 0.309. The number of halogens is 2. The van der Waals surface area contributed by atoms with Crippen molar-refractivity contribution in [3.8, 4) is 0 Å². The third-order valence-corrected chi connectivity index (χ3v) is 3.97. The number of nitrogens with one attached hydrogen (secondary N) is 1. The summed E-state index contributed by atoms with van der Waals surface area (Å²) in [5.41, 5.74) is 2.37. The molecule has 0 amide bonds. The van der Waals surface area contributed by atoms with Crippen molar-refractivity contribution in [1.82, 2.24) is 0 Å². The predicted molar refractivity (Wildman–Crippen MR) is 104 cm³/mol. The van der Waals surface area contributed by atoms with E-state index in [1.54, 1.807) is 30.3 Å². The summed E-state index contributed by atoms with van der Waals surface area (Å²) >= 11 is 12.5. The summed E-state index contributed by atoms with van der Waals surface area (Å²) in [6.07, 6.45) is -2.33. The van der Waals surface area contributed by atoms with Gasteiger partial charge in [-0.25, -0.2) is 4.79 Å². The standard InChI is InChI=1S/C17H17Cl2NO3.CH2O3.Ca/c1-3-22-10-23-17(21)12-6-4-5-7-14(12)20-16-13(18)9-8-11(2)15(16)19;2-1(3)4;/h4-9,20H,3,10H2,1-2H3;(H2,2,3,4);/q;;+2/p-2. The van der Waals surface area contributed by atoms with E-state index in [-0.39, 0.29) is 44.5 Å². The SMILES string of the molecule is CCOCOC(=O)c1ccccc1Nc1c(Cl)ccc(C)c1Cl.O=C([O-])[O-].[Ca+2]. The molecule has 0 fully saturated rings. The summed E-state index contributed by atoms with van der Waals surface area (Å²) in [6.45, 7) is 4.09. The van der Waals surface area contributed by atoms with E-state index in [1.807, 2.05) is 19.9 Å². The van der Waals surface area contributed by atoms with Crippen LogP contribution in [-0.4, -0.2) is 63.3 Å². The van der Waals surface area contributed by atoms with Crippen LogP contribution in [0, 0.1) is 6.92 Å². The summed E-state index contributed by atoms with van der Waals surface area (Å²) in [6, 6.07) is 10.6. The Morgan fingerprint density at radius 3 is 2.32 bits per heavy atom. The molecule has 0 aliphatic heterocycles. The first-order chi connectivity index (χ1) is 12.8. The third-order valence-electron chi connectivity index (χ3n) is 3.17. The molecule has 0 heterocycles. The van der Waals surface area contributed by atoms with Crippen LogP contribution in [0.25, 0.3) is 0 Å². The van der Waals surface area contributed by atoms with Gasteiger partial charge in [0.1, 0.15) is 0 Å². The van der Waals surface area contributed by atoms with Crippen LogP contribution in [0.2, 0.25) is 10.0 Å². The van der Waals surface area contributed by atoms with Gasteiger partial charge < -0.3 is 29.8 Å². The van der Waals surface area contributed by atoms with Gasteiger partial charge >= 0.3 is 43.7 Å². The van der Waals surface area contributed by atoms with Crippen molar-refractivity contribution in [3.63, 3.8) is 0 Å². The van der Waals surface area contributed by atoms with Crippen molar-refractivity contribution in [1.29, 1.82) is 0 Å². The number of aryl methyl sites for hydroxylation is 1. The van der Waals surface area contributed by atoms with Gasteiger partial charge in [-0.3, -0.25) is 0 Å². The molecule has 0 unspecified atom stereocenters. The molecule has 146 valence electrons. The van der Waals surface area contributed by atoms with Crippen molar-refractivity contribution in [2.75, 3.05) is 18.7 Å². The zero-order valence-corrected chi connectivity index (χ0v) is 19.0. The summed E-state index contributed by atoms with van der Waals surface area (Å²) in [5.74, 6) is -0.485. The number of carbonyl (C=O) groups is 2. The Hall–Kier alpha value is -1.22. The minimum absolute atomic E-state index is 0. The van der Waals surface area contributed by atoms with Gasteiger partial charge in [0.25, 0.3) is 0 Å². The maximum Gasteiger partial charge on any atom is 2.00 e. The van der Waals surface area contributed by atoms with Crippen LogP contribution in [0.15, 0.2) is 36.4 Å². The van der Waals surface area contributed by atoms with Crippen LogP contribution in [0.3, 0.4) is 0 Å². The van der Waals surface area contributed by atoms with Gasteiger partial charge in [-0.05, 0) is 43.8 Å². The van der Waals surface area contributed by atoms with E-state index in [1.165, 1.54) is 0 Å². The van der Waals surface area contributed by atoms with Crippen LogP contribution >= 0.6 is 23.2 Å². The minimum atomic E-state index is -2.33. The van der Waals surface area contributed by atoms with Gasteiger partial charge in [0.15, 0.2) is 6.79 Å². The van der Waals surface area contributed by atoms with E-state index in [2.05, 4.69) is 5.32 Å². The Balaban J connectivity index is 0.00000133. The molecular weight excluding hydrogens is 437 g/mol. The van der Waals surface area contributed by atoms with E-state index in [0.717, 1.165) is 5.56 Å². The molecule has 0 aliphatic rings. The topological polar surface area (TPSA) is 111 Å². The van der Waals surface area contributed by atoms with Gasteiger partial charge in [0, 0.05) is 6.61 Å². The van der Waals surface area contributed by atoms with E-state index in [4.69, 9.17) is 47.7 Å². The third kappa shape index (κ3) is 8.85. The number of hydrogen-bond donors (Lipinski definition) is 1. The molecule has 0 atom stereocenters. The molecular formula is C18H17CaCl2NO6. The molecule has 28 heavy (non-hydrogen) atoms. The van der Waals surface area contributed by atoms with Crippen LogP contribution in [0.5, 0.6) is 0 Å². The van der Waals surface area contributed by atoms with Crippen molar-refractivity contribution < 1.29 is 29.3 Å². The molecule has 7 nitrogen and oxygen atoms in total. The number of esters is 1. The molecule has 2 aromatic rings. The van der Waals surface area contributed by atoms with Crippen LogP contribution in [0.4, 0.5) is 16.2 Å². The minimum Gasteiger partial charge on any atom is -0.652 e. The monoisotopic (exact) mass is 453 g/mol. The number of ether oxygens (including phenoxy) is 2. The fourth-order valence-electron chi connectivity index (χ4n) is 1.93. The number of benzene rings is 2. The van der Waals surface area contributed by atoms with E-state index in [9.17, 15) is 4.79 Å². The number of rotatable bonds is 6. The summed E-state index contributed by atoms with van der Waals surface area (Å²) in [7, 11) is 0. The Morgan fingerprint density at radius 2 is 1.71 bits per heavy atom. The predicted octanol–water partition coefficient (Wildman–Crippen LogP) is 2.37. The first kappa shape index (κ1) is 26.8. The molecule has 0 aliphatic carbocycles. The Bertz CT molecular complexity index is 800. The Morgan fingerprint density at radius 1 is 1.11 bits per heavy atom. The number of carbonyl (C=O) groups excluding carboxylic acids is 2. The fraction of sp³-hybridized carbons (Fsp3) is 0.222. The number of para-hydroxylation sites is 1. The fourth-order valence-corrected chi connectivity index (χ4v) is 2.40. The average molecular weight is 454 g/mol. The second kappa shape index (κ2) is 13.9. The summed E-state index contributed by atoms with van der Waals surface area (Å²) < 4.78 is 10.1. The normalized spacial score (nSPS) is 9.43. The number of anilines is 2. The number of hydrogen-bond acceptors (Lipinski definition) is 7. The van der Waals surface area contributed by atoms with Gasteiger partial charge in [0.2, 0.25) is 0 Å². The first-order valence-corrected chi connectivity index (χ1v) is 8.47. The summed E-state index contributed by atoms with van der Waals surface area (Å²) in [4.78, 5) is 20.5. The molecule has 10 heteroatoms. The Kier molecular flexibility index (Phi) is 13.3. The van der Waals surface area contributed by atoms with E-state index >= 15 is 0 Å². The molecule has 0 radical (unpaired) electrons. The molecule has 2 rings (SSSR count). The molecule has 0 saturated heterocycles. The smallest absolute Gasteiger partial charge is 0.652 e. The van der Waals surface area contributed by atoms with Gasteiger partial charge in [-0.1, -0.05) is 41.4 Å². The van der Waals surface area contributed by atoms with E-state index < -0.39 is 12.1 Å². The maximum atomic E-state index is 12.2. The zero-order valence-electron chi connectivity index (χ0n) is 15.3. The van der Waals surface area contributed by atoms with Gasteiger partial charge in [0.05, 0.1) is 27.0 Å². The second-order valence-corrected chi connectivity index (χ2v) is 5.80. The van der Waals surface area contributed by atoms with Gasteiger partial charge in [-0.15, -0.1) is 0 Å². The molecule has 0 saturated carbocycles. The number of carboxylic acid groups (broad SMARTS) is 2. The average Bonchev–Trinajstić information content (AvgIpc) is 2.62. The molecule has 0 aromatic heterocycles. The van der Waals surface area contributed by atoms with Gasteiger partial charge in [-0.2, -0.15) is 0 Å². The zero-order chi connectivity index (χ0) is 20.4.